The quantitative estimate of drug-likeness (QED) is 0.530. The molecule has 10 heavy (non-hydrogen) atoms. The van der Waals surface area contributed by atoms with Crippen molar-refractivity contribution in [1.82, 2.24) is 5.32 Å². The minimum atomic E-state index is -0.656. The van der Waals surface area contributed by atoms with Crippen molar-refractivity contribution in [3.05, 3.63) is 0 Å². The predicted octanol–water partition coefficient (Wildman–Crippen LogP) is -0.177. The Morgan fingerprint density at radius 1 is 1.60 bits per heavy atom. The Balaban J connectivity index is 1.96. The fourth-order valence-corrected chi connectivity index (χ4v) is 2.70. The lowest BCUT2D eigenvalue weighted by molar-refractivity contribution is -0.140. The Hall–Kier alpha value is -0.570. The standard InChI is InChI=1S/C7H9NO2/c9-5(10)4-7-1-6(7,2-7)3-8-4/h4,8H,1-3H2,(H,9,10)/t4-,6?,7?/m1/s1. The Morgan fingerprint density at radius 3 is 2.50 bits per heavy atom. The normalized spacial score (nSPS) is 61.0. The average Bonchev–Trinajstić information content (AvgIpc) is 2.52. The van der Waals surface area contributed by atoms with E-state index in [2.05, 4.69) is 5.32 Å². The van der Waals surface area contributed by atoms with Crippen LogP contribution in [0.1, 0.15) is 12.8 Å². The molecule has 0 radical (unpaired) electrons. The molecule has 1 heterocycles. The van der Waals surface area contributed by atoms with E-state index in [0.717, 1.165) is 6.54 Å². The number of carboxylic acids is 1. The van der Waals surface area contributed by atoms with Gasteiger partial charge in [0.1, 0.15) is 6.04 Å². The van der Waals surface area contributed by atoms with Crippen molar-refractivity contribution in [2.75, 3.05) is 6.54 Å². The molecule has 0 unspecified atom stereocenters. The number of piperidine rings is 2. The van der Waals surface area contributed by atoms with Gasteiger partial charge >= 0.3 is 5.97 Å². The van der Waals surface area contributed by atoms with Crippen molar-refractivity contribution in [2.45, 2.75) is 18.9 Å². The van der Waals surface area contributed by atoms with Gasteiger partial charge in [-0.15, -0.1) is 0 Å². The summed E-state index contributed by atoms with van der Waals surface area (Å²) in [4.78, 5) is 10.6. The third-order valence-electron chi connectivity index (χ3n) is 3.56. The predicted molar refractivity (Wildman–Crippen MR) is 33.5 cm³/mol. The molecule has 3 nitrogen and oxygen atoms in total. The van der Waals surface area contributed by atoms with Gasteiger partial charge in [-0.2, -0.15) is 0 Å². The molecule has 2 saturated carbocycles. The van der Waals surface area contributed by atoms with Crippen LogP contribution in [0, 0.1) is 10.8 Å². The van der Waals surface area contributed by atoms with Crippen LogP contribution in [-0.4, -0.2) is 23.7 Å². The molecule has 1 saturated heterocycles. The van der Waals surface area contributed by atoms with Gasteiger partial charge in [0.2, 0.25) is 0 Å². The molecule has 0 aromatic carbocycles. The SMILES string of the molecule is O=C(O)[C@H]1NCC23CC12C3. The highest BCUT2D eigenvalue weighted by atomic mass is 16.4. The number of aliphatic carboxylic acids is 1. The highest BCUT2D eigenvalue weighted by Crippen LogP contribution is 2.89. The lowest BCUT2D eigenvalue weighted by Gasteiger charge is -2.16. The molecule has 0 amide bonds. The first-order valence-corrected chi connectivity index (χ1v) is 3.67. The molecule has 2 N–H and O–H groups in total. The van der Waals surface area contributed by atoms with Crippen LogP contribution in [-0.2, 0) is 4.79 Å². The fraction of sp³-hybridized carbons (Fsp3) is 0.857. The first-order chi connectivity index (χ1) is 4.70. The molecule has 3 heteroatoms. The summed E-state index contributed by atoms with van der Waals surface area (Å²) < 4.78 is 0. The highest BCUT2D eigenvalue weighted by Gasteiger charge is 2.89. The summed E-state index contributed by atoms with van der Waals surface area (Å²) in [5.74, 6) is -0.656. The summed E-state index contributed by atoms with van der Waals surface area (Å²) in [6, 6.07) is -0.215. The zero-order valence-corrected chi connectivity index (χ0v) is 5.55. The topological polar surface area (TPSA) is 49.3 Å². The first-order valence-electron chi connectivity index (χ1n) is 3.67. The van der Waals surface area contributed by atoms with E-state index in [9.17, 15) is 4.79 Å². The number of rotatable bonds is 1. The molecule has 0 spiro atoms. The lowest BCUT2D eigenvalue weighted by atomic mass is 10.0. The van der Waals surface area contributed by atoms with E-state index < -0.39 is 5.97 Å². The number of hydrogen-bond donors (Lipinski definition) is 2. The van der Waals surface area contributed by atoms with Crippen LogP contribution in [0.5, 0.6) is 0 Å². The number of nitrogens with one attached hydrogen (secondary N) is 1. The van der Waals surface area contributed by atoms with Crippen LogP contribution in [0.25, 0.3) is 0 Å². The van der Waals surface area contributed by atoms with Gasteiger partial charge in [0.25, 0.3) is 0 Å². The fourth-order valence-electron chi connectivity index (χ4n) is 2.70. The van der Waals surface area contributed by atoms with Crippen LogP contribution in [0.3, 0.4) is 0 Å². The summed E-state index contributed by atoms with van der Waals surface area (Å²) in [7, 11) is 0. The largest absolute Gasteiger partial charge is 0.480 e. The van der Waals surface area contributed by atoms with Crippen molar-refractivity contribution < 1.29 is 9.90 Å². The minimum absolute atomic E-state index is 0.215. The van der Waals surface area contributed by atoms with E-state index in [0.29, 0.717) is 5.41 Å². The minimum Gasteiger partial charge on any atom is -0.480 e. The van der Waals surface area contributed by atoms with E-state index in [-0.39, 0.29) is 11.5 Å². The summed E-state index contributed by atoms with van der Waals surface area (Å²) in [6.45, 7) is 0.948. The molecule has 1 atom stereocenters. The van der Waals surface area contributed by atoms with Gasteiger partial charge in [-0.3, -0.25) is 4.79 Å². The molecule has 3 fully saturated rings. The molecule has 0 bridgehead atoms. The van der Waals surface area contributed by atoms with Gasteiger partial charge in [0.15, 0.2) is 0 Å². The van der Waals surface area contributed by atoms with Crippen molar-refractivity contribution in [2.24, 2.45) is 10.8 Å². The van der Waals surface area contributed by atoms with E-state index in [1.807, 2.05) is 0 Å². The number of carboxylic acid groups (broad SMARTS) is 1. The molecular formula is C7H9NO2. The van der Waals surface area contributed by atoms with E-state index >= 15 is 0 Å². The zero-order chi connectivity index (χ0) is 6.98. The second-order valence-corrected chi connectivity index (χ2v) is 3.94. The monoisotopic (exact) mass is 139 g/mol. The Labute approximate surface area is 58.4 Å². The first kappa shape index (κ1) is 5.13. The molecule has 54 valence electrons. The van der Waals surface area contributed by atoms with Gasteiger partial charge in [-0.05, 0) is 18.3 Å². The number of carbonyl (C=O) groups is 1. The maximum atomic E-state index is 10.6. The van der Waals surface area contributed by atoms with Crippen LogP contribution in [0.2, 0.25) is 0 Å². The second-order valence-electron chi connectivity index (χ2n) is 3.94. The van der Waals surface area contributed by atoms with Crippen molar-refractivity contribution in [3.8, 4) is 0 Å². The second kappa shape index (κ2) is 1.01. The van der Waals surface area contributed by atoms with Crippen LogP contribution in [0.4, 0.5) is 0 Å². The molecule has 3 aliphatic rings. The Kier molecular flexibility index (Phi) is 0.520. The van der Waals surface area contributed by atoms with Gasteiger partial charge in [-0.1, -0.05) is 0 Å². The summed E-state index contributed by atoms with van der Waals surface area (Å²) in [6.07, 6.45) is 2.34. The molecular weight excluding hydrogens is 130 g/mol. The van der Waals surface area contributed by atoms with Crippen LogP contribution in [0.15, 0.2) is 0 Å². The van der Waals surface area contributed by atoms with Crippen molar-refractivity contribution in [1.29, 1.82) is 0 Å². The van der Waals surface area contributed by atoms with E-state index in [1.165, 1.54) is 12.8 Å². The smallest absolute Gasteiger partial charge is 0.321 e. The van der Waals surface area contributed by atoms with Crippen molar-refractivity contribution in [3.63, 3.8) is 0 Å². The Morgan fingerprint density at radius 2 is 2.30 bits per heavy atom. The van der Waals surface area contributed by atoms with Crippen molar-refractivity contribution >= 4 is 5.97 Å². The number of hydrogen-bond acceptors (Lipinski definition) is 2. The summed E-state index contributed by atoms with van der Waals surface area (Å²) >= 11 is 0. The van der Waals surface area contributed by atoms with Gasteiger partial charge < -0.3 is 10.4 Å². The maximum absolute atomic E-state index is 10.6. The summed E-state index contributed by atoms with van der Waals surface area (Å²) in [5.41, 5.74) is 0.703. The van der Waals surface area contributed by atoms with Gasteiger partial charge in [-0.25, -0.2) is 0 Å². The highest BCUT2D eigenvalue weighted by molar-refractivity contribution is 5.79. The molecule has 3 rings (SSSR count). The molecule has 0 aromatic heterocycles. The zero-order valence-electron chi connectivity index (χ0n) is 5.55. The van der Waals surface area contributed by atoms with E-state index in [1.54, 1.807) is 0 Å². The Bertz CT molecular complexity index is 230. The lowest BCUT2D eigenvalue weighted by Crippen LogP contribution is -2.40. The average molecular weight is 139 g/mol. The van der Waals surface area contributed by atoms with E-state index in [4.69, 9.17) is 5.11 Å². The van der Waals surface area contributed by atoms with Gasteiger partial charge in [0, 0.05) is 12.0 Å². The molecule has 1 aliphatic heterocycles. The third kappa shape index (κ3) is 0.292. The summed E-state index contributed by atoms with van der Waals surface area (Å²) in [5, 5.41) is 11.8. The third-order valence-corrected chi connectivity index (χ3v) is 3.56. The van der Waals surface area contributed by atoms with Crippen LogP contribution >= 0.6 is 0 Å². The van der Waals surface area contributed by atoms with Crippen LogP contribution < -0.4 is 5.32 Å². The van der Waals surface area contributed by atoms with Gasteiger partial charge in [0.05, 0.1) is 0 Å². The maximum Gasteiger partial charge on any atom is 0.321 e. The molecule has 2 aliphatic carbocycles. The molecule has 0 aromatic rings.